The second-order valence-corrected chi connectivity index (χ2v) is 7.23. The zero-order valence-electron chi connectivity index (χ0n) is 11.5. The van der Waals surface area contributed by atoms with Crippen LogP contribution in [-0.2, 0) is 6.42 Å². The monoisotopic (exact) mass is 262 g/mol. The average Bonchev–Trinajstić information content (AvgIpc) is 2.70. The van der Waals surface area contributed by atoms with Crippen molar-refractivity contribution in [2.24, 2.45) is 0 Å². The third-order valence-corrected chi connectivity index (χ3v) is 5.50. The van der Waals surface area contributed by atoms with Crippen LogP contribution in [0.1, 0.15) is 36.8 Å². The Morgan fingerprint density at radius 2 is 2.22 bits per heavy atom. The van der Waals surface area contributed by atoms with E-state index in [9.17, 15) is 0 Å². The van der Waals surface area contributed by atoms with Crippen molar-refractivity contribution < 1.29 is 0 Å². The third kappa shape index (κ3) is 2.26. The Hall–Kier alpha value is -0.670. The second kappa shape index (κ2) is 4.46. The zero-order valence-corrected chi connectivity index (χ0v) is 12.3. The molecule has 98 valence electrons. The molecule has 3 rings (SSSR count). The maximum absolute atomic E-state index is 3.71. The van der Waals surface area contributed by atoms with Crippen molar-refractivity contribution in [3.05, 3.63) is 29.3 Å². The van der Waals surface area contributed by atoms with Crippen molar-refractivity contribution in [3.8, 4) is 0 Å². The molecule has 0 spiro atoms. The molecule has 18 heavy (non-hydrogen) atoms. The number of hydrogen-bond donors (Lipinski definition) is 1. The Morgan fingerprint density at radius 1 is 1.39 bits per heavy atom. The number of nitrogens with one attached hydrogen (secondary N) is 1. The van der Waals surface area contributed by atoms with Crippen molar-refractivity contribution in [1.82, 2.24) is 5.32 Å². The maximum Gasteiger partial charge on any atom is 0.0794 e. The van der Waals surface area contributed by atoms with Crippen LogP contribution in [0.5, 0.6) is 0 Å². The summed E-state index contributed by atoms with van der Waals surface area (Å²) in [5, 5.41) is 4.18. The Morgan fingerprint density at radius 3 is 2.94 bits per heavy atom. The summed E-state index contributed by atoms with van der Waals surface area (Å²) in [7, 11) is 2.20. The number of aryl methyl sites for hydroxylation is 1. The van der Waals surface area contributed by atoms with Gasteiger partial charge in [0.25, 0.3) is 0 Å². The van der Waals surface area contributed by atoms with Gasteiger partial charge in [-0.15, -0.1) is 11.8 Å². The number of benzene rings is 1. The zero-order chi connectivity index (χ0) is 12.8. The first kappa shape index (κ1) is 12.4. The van der Waals surface area contributed by atoms with Gasteiger partial charge in [-0.05, 0) is 43.9 Å². The molecule has 0 aromatic heterocycles. The number of hydrogen-bond acceptors (Lipinski definition) is 3. The number of fused-ring (bicyclic) bond motifs is 1. The lowest BCUT2D eigenvalue weighted by Crippen LogP contribution is -2.36. The summed E-state index contributed by atoms with van der Waals surface area (Å²) in [4.78, 5) is 2.38. The SMILES string of the molecule is CN1CCCc2cc(C3NC(C)(C)CS3)ccc21. The molecule has 1 N–H and O–H groups in total. The highest BCUT2D eigenvalue weighted by atomic mass is 32.2. The van der Waals surface area contributed by atoms with Crippen LogP contribution < -0.4 is 10.2 Å². The number of anilines is 1. The largest absolute Gasteiger partial charge is 0.374 e. The molecule has 2 aliphatic rings. The lowest BCUT2D eigenvalue weighted by atomic mass is 9.99. The number of nitrogens with zero attached hydrogens (tertiary/aromatic N) is 1. The van der Waals surface area contributed by atoms with Gasteiger partial charge < -0.3 is 4.90 Å². The Bertz CT molecular complexity index is 456. The summed E-state index contributed by atoms with van der Waals surface area (Å²) in [6.07, 6.45) is 2.51. The minimum atomic E-state index is 0.266. The van der Waals surface area contributed by atoms with Crippen LogP contribution in [0.25, 0.3) is 0 Å². The molecule has 1 saturated heterocycles. The van der Waals surface area contributed by atoms with Crippen LogP contribution in [0.3, 0.4) is 0 Å². The molecule has 0 aliphatic carbocycles. The van der Waals surface area contributed by atoms with Crippen molar-refractivity contribution in [1.29, 1.82) is 0 Å². The molecule has 0 saturated carbocycles. The van der Waals surface area contributed by atoms with Crippen molar-refractivity contribution in [2.75, 3.05) is 24.2 Å². The average molecular weight is 262 g/mol. The first-order valence-corrected chi connectivity index (χ1v) is 7.83. The van der Waals surface area contributed by atoms with Gasteiger partial charge in [-0.1, -0.05) is 12.1 Å². The van der Waals surface area contributed by atoms with Gasteiger partial charge in [0.2, 0.25) is 0 Å². The van der Waals surface area contributed by atoms with E-state index >= 15 is 0 Å². The fourth-order valence-electron chi connectivity index (χ4n) is 2.88. The molecular weight excluding hydrogens is 240 g/mol. The van der Waals surface area contributed by atoms with E-state index in [1.165, 1.54) is 42.0 Å². The summed E-state index contributed by atoms with van der Waals surface area (Å²) in [6.45, 7) is 5.76. The van der Waals surface area contributed by atoms with E-state index < -0.39 is 0 Å². The third-order valence-electron chi connectivity index (χ3n) is 3.89. The molecule has 0 amide bonds. The van der Waals surface area contributed by atoms with Gasteiger partial charge in [-0.25, -0.2) is 0 Å². The summed E-state index contributed by atoms with van der Waals surface area (Å²) in [5.74, 6) is 1.19. The van der Waals surface area contributed by atoms with Gasteiger partial charge in [0.05, 0.1) is 5.37 Å². The molecular formula is C15H22N2S. The molecule has 1 atom stereocenters. The van der Waals surface area contributed by atoms with Crippen LogP contribution in [0.4, 0.5) is 5.69 Å². The van der Waals surface area contributed by atoms with Crippen LogP contribution in [0.2, 0.25) is 0 Å². The van der Waals surface area contributed by atoms with Gasteiger partial charge in [0.1, 0.15) is 0 Å². The van der Waals surface area contributed by atoms with Crippen molar-refractivity contribution in [2.45, 2.75) is 37.6 Å². The molecule has 2 heterocycles. The predicted molar refractivity (Wildman–Crippen MR) is 80.4 cm³/mol. The quantitative estimate of drug-likeness (QED) is 0.837. The minimum absolute atomic E-state index is 0.266. The van der Waals surface area contributed by atoms with Crippen LogP contribution in [0, 0.1) is 0 Å². The molecule has 1 aromatic rings. The van der Waals surface area contributed by atoms with E-state index in [4.69, 9.17) is 0 Å². The van der Waals surface area contributed by atoms with Crippen molar-refractivity contribution >= 4 is 17.4 Å². The lowest BCUT2D eigenvalue weighted by molar-refractivity contribution is 0.452. The first-order chi connectivity index (χ1) is 8.55. The highest BCUT2D eigenvalue weighted by Crippen LogP contribution is 2.39. The lowest BCUT2D eigenvalue weighted by Gasteiger charge is -2.28. The molecule has 2 aliphatic heterocycles. The van der Waals surface area contributed by atoms with E-state index in [0.717, 1.165) is 0 Å². The molecule has 1 unspecified atom stereocenters. The number of rotatable bonds is 1. The minimum Gasteiger partial charge on any atom is -0.374 e. The van der Waals surface area contributed by atoms with Gasteiger partial charge >= 0.3 is 0 Å². The Balaban J connectivity index is 1.87. The van der Waals surface area contributed by atoms with E-state index in [2.05, 4.69) is 49.3 Å². The summed E-state index contributed by atoms with van der Waals surface area (Å²) in [5.41, 5.74) is 4.66. The van der Waals surface area contributed by atoms with E-state index in [1.54, 1.807) is 0 Å². The fraction of sp³-hybridized carbons (Fsp3) is 0.600. The molecule has 2 nitrogen and oxygen atoms in total. The predicted octanol–water partition coefficient (Wildman–Crippen LogP) is 3.18. The van der Waals surface area contributed by atoms with E-state index in [0.29, 0.717) is 5.37 Å². The fourth-order valence-corrected chi connectivity index (χ4v) is 4.29. The van der Waals surface area contributed by atoms with Crippen LogP contribution in [-0.4, -0.2) is 24.9 Å². The van der Waals surface area contributed by atoms with Gasteiger partial charge in [0, 0.05) is 30.6 Å². The highest BCUT2D eigenvalue weighted by molar-refractivity contribution is 7.99. The highest BCUT2D eigenvalue weighted by Gasteiger charge is 2.31. The van der Waals surface area contributed by atoms with Crippen LogP contribution in [0.15, 0.2) is 18.2 Å². The summed E-state index contributed by atoms with van der Waals surface area (Å²) in [6, 6.07) is 7.02. The molecule has 1 fully saturated rings. The van der Waals surface area contributed by atoms with Crippen LogP contribution >= 0.6 is 11.8 Å². The standard InChI is InChI=1S/C15H22N2S/c1-15(2)10-18-14(16-15)12-6-7-13-11(9-12)5-4-8-17(13)3/h6-7,9,14,16H,4-5,8,10H2,1-3H3. The Kier molecular flexibility index (Phi) is 3.07. The Labute approximate surface area is 114 Å². The summed E-state index contributed by atoms with van der Waals surface area (Å²) >= 11 is 2.03. The topological polar surface area (TPSA) is 15.3 Å². The van der Waals surface area contributed by atoms with E-state index in [-0.39, 0.29) is 5.54 Å². The molecule has 3 heteroatoms. The molecule has 0 radical (unpaired) electrons. The maximum atomic E-state index is 3.71. The second-order valence-electron chi connectivity index (χ2n) is 6.13. The number of thioether (sulfide) groups is 1. The van der Waals surface area contributed by atoms with Crippen molar-refractivity contribution in [3.63, 3.8) is 0 Å². The van der Waals surface area contributed by atoms with E-state index in [1.807, 2.05) is 11.8 Å². The molecule has 1 aromatic carbocycles. The summed E-state index contributed by atoms with van der Waals surface area (Å²) < 4.78 is 0. The molecule has 0 bridgehead atoms. The van der Waals surface area contributed by atoms with Gasteiger partial charge in [-0.2, -0.15) is 0 Å². The smallest absolute Gasteiger partial charge is 0.0794 e. The first-order valence-electron chi connectivity index (χ1n) is 6.78. The van der Waals surface area contributed by atoms with Gasteiger partial charge in [0.15, 0.2) is 0 Å². The normalized spacial score (nSPS) is 26.2. The van der Waals surface area contributed by atoms with Gasteiger partial charge in [-0.3, -0.25) is 5.32 Å².